The second-order valence-corrected chi connectivity index (χ2v) is 8.03. The maximum absolute atomic E-state index is 13.5. The van der Waals surface area contributed by atoms with Crippen LogP contribution in [0.1, 0.15) is 23.6 Å². The summed E-state index contributed by atoms with van der Waals surface area (Å²) in [6.45, 7) is 1.98. The quantitative estimate of drug-likeness (QED) is 0.420. The highest BCUT2D eigenvalue weighted by Gasteiger charge is 2.14. The van der Waals surface area contributed by atoms with Crippen molar-refractivity contribution >= 4 is 22.5 Å². The van der Waals surface area contributed by atoms with Crippen molar-refractivity contribution in [2.45, 2.75) is 32.7 Å². The first kappa shape index (κ1) is 22.3. The molecule has 0 atom stereocenters. The lowest BCUT2D eigenvalue weighted by molar-refractivity contribution is -0.116. The predicted octanol–water partition coefficient (Wildman–Crippen LogP) is 5.00. The number of ether oxygens (including phenoxy) is 1. The van der Waals surface area contributed by atoms with Gasteiger partial charge in [0.1, 0.15) is 12.3 Å². The molecule has 0 saturated heterocycles. The minimum atomic E-state index is -0.234. The van der Waals surface area contributed by atoms with E-state index in [0.717, 1.165) is 29.5 Å². The van der Waals surface area contributed by atoms with Gasteiger partial charge in [0.15, 0.2) is 0 Å². The van der Waals surface area contributed by atoms with Crippen LogP contribution in [0.2, 0.25) is 0 Å². The van der Waals surface area contributed by atoms with Gasteiger partial charge in [0.2, 0.25) is 5.91 Å². The number of nitrogens with zero attached hydrogens (tertiary/aromatic N) is 1. The molecule has 0 radical (unpaired) electrons. The van der Waals surface area contributed by atoms with E-state index in [1.807, 2.05) is 73.7 Å². The van der Waals surface area contributed by atoms with E-state index in [4.69, 9.17) is 4.74 Å². The van der Waals surface area contributed by atoms with Gasteiger partial charge in [-0.15, -0.1) is 0 Å². The number of fused-ring (bicyclic) bond motifs is 1. The van der Waals surface area contributed by atoms with Crippen LogP contribution in [0.3, 0.4) is 0 Å². The Morgan fingerprint density at radius 3 is 2.42 bits per heavy atom. The van der Waals surface area contributed by atoms with Crippen molar-refractivity contribution in [2.24, 2.45) is 0 Å². The molecule has 168 valence electrons. The van der Waals surface area contributed by atoms with E-state index >= 15 is 0 Å². The molecule has 0 aliphatic heterocycles. The van der Waals surface area contributed by atoms with Crippen molar-refractivity contribution < 1.29 is 9.53 Å². The maximum Gasteiger partial charge on any atom is 0.254 e. The van der Waals surface area contributed by atoms with E-state index < -0.39 is 0 Å². The number of anilines is 1. The molecule has 0 saturated carbocycles. The number of nitrogens with one attached hydrogen (secondary N) is 1. The summed E-state index contributed by atoms with van der Waals surface area (Å²) >= 11 is 0. The smallest absolute Gasteiger partial charge is 0.254 e. The fraction of sp³-hybridized carbons (Fsp3) is 0.214. The van der Waals surface area contributed by atoms with Gasteiger partial charge < -0.3 is 10.1 Å². The number of hydrogen-bond donors (Lipinski definition) is 1. The summed E-state index contributed by atoms with van der Waals surface area (Å²) in [6.07, 6.45) is 2.17. The van der Waals surface area contributed by atoms with Gasteiger partial charge in [-0.3, -0.25) is 14.2 Å². The monoisotopic (exact) mass is 440 g/mol. The van der Waals surface area contributed by atoms with Crippen LogP contribution < -0.4 is 15.6 Å². The zero-order chi connectivity index (χ0) is 23.2. The topological polar surface area (TPSA) is 60.3 Å². The molecule has 1 amide bonds. The van der Waals surface area contributed by atoms with E-state index in [1.165, 1.54) is 5.56 Å². The molecule has 1 aromatic heterocycles. The fourth-order valence-corrected chi connectivity index (χ4v) is 4.08. The largest absolute Gasteiger partial charge is 0.497 e. The summed E-state index contributed by atoms with van der Waals surface area (Å²) < 4.78 is 6.93. The molecule has 1 heterocycles. The number of hydrogen-bond acceptors (Lipinski definition) is 3. The van der Waals surface area contributed by atoms with Crippen molar-refractivity contribution in [3.05, 3.63) is 106 Å². The standard InChI is InChI=1S/C28H28N2O3/c1-3-21-11-7-8-12-25(21)29-27(31)19-30-26-18-24(33-2)16-15-22(26)17-23(28(30)32)14-13-20-9-5-4-6-10-20/h4-12,15-18H,3,13-14,19H2,1-2H3,(H,29,31). The summed E-state index contributed by atoms with van der Waals surface area (Å²) in [5, 5.41) is 3.88. The number of carbonyl (C=O) groups excluding carboxylic acids is 1. The van der Waals surface area contributed by atoms with Gasteiger partial charge in [-0.2, -0.15) is 0 Å². The van der Waals surface area contributed by atoms with Crippen LogP contribution in [0.15, 0.2) is 83.7 Å². The molecule has 0 aliphatic rings. The lowest BCUT2D eigenvalue weighted by Crippen LogP contribution is -2.30. The summed E-state index contributed by atoms with van der Waals surface area (Å²) in [6, 6.07) is 25.4. The van der Waals surface area contributed by atoms with E-state index in [2.05, 4.69) is 17.4 Å². The molecule has 3 aromatic carbocycles. The van der Waals surface area contributed by atoms with E-state index in [-0.39, 0.29) is 18.0 Å². The molecule has 0 spiro atoms. The number of methoxy groups -OCH3 is 1. The van der Waals surface area contributed by atoms with Crippen LogP contribution in [-0.2, 0) is 30.6 Å². The molecule has 4 rings (SSSR count). The lowest BCUT2D eigenvalue weighted by Gasteiger charge is -2.15. The van der Waals surface area contributed by atoms with Gasteiger partial charge in [-0.05, 0) is 60.0 Å². The highest BCUT2D eigenvalue weighted by Crippen LogP contribution is 2.22. The Kier molecular flexibility index (Phi) is 6.89. The zero-order valence-corrected chi connectivity index (χ0v) is 19.0. The first-order chi connectivity index (χ1) is 16.1. The van der Waals surface area contributed by atoms with E-state index in [0.29, 0.717) is 23.3 Å². The number of benzene rings is 3. The van der Waals surface area contributed by atoms with Gasteiger partial charge in [0.25, 0.3) is 5.56 Å². The summed E-state index contributed by atoms with van der Waals surface area (Å²) in [4.78, 5) is 26.4. The van der Waals surface area contributed by atoms with Crippen LogP contribution in [0.25, 0.3) is 10.9 Å². The Morgan fingerprint density at radius 1 is 0.909 bits per heavy atom. The van der Waals surface area contributed by atoms with Crippen LogP contribution in [0.5, 0.6) is 5.75 Å². The number of para-hydroxylation sites is 1. The van der Waals surface area contributed by atoms with Crippen LogP contribution in [-0.4, -0.2) is 17.6 Å². The van der Waals surface area contributed by atoms with Gasteiger partial charge in [0.05, 0.1) is 12.6 Å². The van der Waals surface area contributed by atoms with E-state index in [9.17, 15) is 9.59 Å². The molecule has 5 heteroatoms. The Morgan fingerprint density at radius 2 is 1.67 bits per heavy atom. The molecular formula is C28H28N2O3. The first-order valence-electron chi connectivity index (χ1n) is 11.2. The average Bonchev–Trinajstić information content (AvgIpc) is 2.85. The number of carbonyl (C=O) groups is 1. The van der Waals surface area contributed by atoms with Gasteiger partial charge >= 0.3 is 0 Å². The molecule has 0 bridgehead atoms. The summed E-state index contributed by atoms with van der Waals surface area (Å²) in [5.41, 5.74) is 4.24. The molecule has 0 fully saturated rings. The van der Waals surface area contributed by atoms with Crippen LogP contribution >= 0.6 is 0 Å². The van der Waals surface area contributed by atoms with Gasteiger partial charge in [0, 0.05) is 17.3 Å². The number of aryl methyl sites for hydroxylation is 3. The fourth-order valence-electron chi connectivity index (χ4n) is 4.08. The summed E-state index contributed by atoms with van der Waals surface area (Å²) in [7, 11) is 1.59. The second kappa shape index (κ2) is 10.2. The second-order valence-electron chi connectivity index (χ2n) is 8.03. The number of pyridine rings is 1. The van der Waals surface area contributed by atoms with E-state index in [1.54, 1.807) is 11.7 Å². The molecule has 0 aliphatic carbocycles. The molecule has 5 nitrogen and oxygen atoms in total. The Bertz CT molecular complexity index is 1330. The number of rotatable bonds is 8. The molecule has 0 unspecified atom stereocenters. The molecular weight excluding hydrogens is 412 g/mol. The highest BCUT2D eigenvalue weighted by molar-refractivity contribution is 5.92. The van der Waals surface area contributed by atoms with Crippen molar-refractivity contribution in [1.29, 1.82) is 0 Å². The number of amides is 1. The van der Waals surface area contributed by atoms with Crippen molar-refractivity contribution in [2.75, 3.05) is 12.4 Å². The lowest BCUT2D eigenvalue weighted by atomic mass is 10.0. The third-order valence-electron chi connectivity index (χ3n) is 5.88. The summed E-state index contributed by atoms with van der Waals surface area (Å²) in [5.74, 6) is 0.409. The van der Waals surface area contributed by atoms with Crippen LogP contribution in [0.4, 0.5) is 5.69 Å². The zero-order valence-electron chi connectivity index (χ0n) is 19.0. The van der Waals surface area contributed by atoms with Crippen LogP contribution in [0, 0.1) is 0 Å². The third-order valence-corrected chi connectivity index (χ3v) is 5.88. The third kappa shape index (κ3) is 5.14. The Hall–Kier alpha value is -3.86. The Balaban J connectivity index is 1.68. The molecule has 33 heavy (non-hydrogen) atoms. The molecule has 4 aromatic rings. The molecule has 1 N–H and O–H groups in total. The van der Waals surface area contributed by atoms with Gasteiger partial charge in [-0.1, -0.05) is 55.5 Å². The Labute approximate surface area is 193 Å². The minimum Gasteiger partial charge on any atom is -0.497 e. The minimum absolute atomic E-state index is 0.0697. The van der Waals surface area contributed by atoms with Gasteiger partial charge in [-0.25, -0.2) is 0 Å². The van der Waals surface area contributed by atoms with Crippen molar-refractivity contribution in [3.63, 3.8) is 0 Å². The highest BCUT2D eigenvalue weighted by atomic mass is 16.5. The maximum atomic E-state index is 13.5. The normalized spacial score (nSPS) is 10.8. The van der Waals surface area contributed by atoms with Crippen molar-refractivity contribution in [3.8, 4) is 5.75 Å². The predicted molar refractivity (Wildman–Crippen MR) is 133 cm³/mol. The average molecular weight is 441 g/mol. The van der Waals surface area contributed by atoms with Crippen molar-refractivity contribution in [1.82, 2.24) is 4.57 Å². The first-order valence-corrected chi connectivity index (χ1v) is 11.2. The SMILES string of the molecule is CCc1ccccc1NC(=O)Cn1c(=O)c(CCc2ccccc2)cc2ccc(OC)cc21. The number of aromatic nitrogens is 1.